The number of piperazine rings is 1. The molecule has 1 aliphatic rings. The summed E-state index contributed by atoms with van der Waals surface area (Å²) in [6.45, 7) is 3.27. The molecule has 0 bridgehead atoms. The summed E-state index contributed by atoms with van der Waals surface area (Å²) in [6, 6.07) is 26.2. The van der Waals surface area contributed by atoms with Crippen LogP contribution in [0, 0.1) is 5.41 Å². The smallest absolute Gasteiger partial charge is 0.188 e. The van der Waals surface area contributed by atoms with Gasteiger partial charge in [-0.15, -0.1) is 0 Å². The molecular weight excluding hydrogens is 424 g/mol. The summed E-state index contributed by atoms with van der Waals surface area (Å²) in [5.74, 6) is 0.370. The molecule has 0 aromatic heterocycles. The van der Waals surface area contributed by atoms with Crippen molar-refractivity contribution in [3.8, 4) is 5.75 Å². The van der Waals surface area contributed by atoms with Gasteiger partial charge in [0.05, 0.1) is 0 Å². The van der Waals surface area contributed by atoms with E-state index in [0.717, 1.165) is 60.6 Å². The number of aliphatic hydroxyl groups excluding tert-OH is 1. The number of aromatic hydroxyl groups is 1. The molecule has 4 rings (SSSR count). The molecule has 34 heavy (non-hydrogen) atoms. The van der Waals surface area contributed by atoms with Gasteiger partial charge in [-0.1, -0.05) is 54.6 Å². The van der Waals surface area contributed by atoms with E-state index >= 15 is 0 Å². The molecule has 3 aromatic rings. The number of guanidine groups is 1. The Morgan fingerprint density at radius 2 is 1.38 bits per heavy atom. The first kappa shape index (κ1) is 23.4. The van der Waals surface area contributed by atoms with Gasteiger partial charge >= 0.3 is 0 Å². The lowest BCUT2D eigenvalue weighted by atomic mass is 9.87. The number of phenols is 1. The molecule has 0 unspecified atom stereocenters. The summed E-state index contributed by atoms with van der Waals surface area (Å²) in [5, 5.41) is 27.1. The number of hydrogen-bond donors (Lipinski definition) is 4. The summed E-state index contributed by atoms with van der Waals surface area (Å²) >= 11 is 0. The number of rotatable bonds is 7. The average Bonchev–Trinajstić information content (AvgIpc) is 2.88. The lowest BCUT2D eigenvalue weighted by molar-refractivity contribution is 0.290. The van der Waals surface area contributed by atoms with Crippen LogP contribution < -0.4 is 10.6 Å². The maximum absolute atomic E-state index is 9.86. The van der Waals surface area contributed by atoms with Crippen LogP contribution in [0.1, 0.15) is 29.5 Å². The van der Waals surface area contributed by atoms with Crippen LogP contribution in [-0.2, 0) is 0 Å². The summed E-state index contributed by atoms with van der Waals surface area (Å²) in [7, 11) is 0. The van der Waals surface area contributed by atoms with Crippen LogP contribution in [0.3, 0.4) is 0 Å². The molecule has 0 saturated carbocycles. The molecule has 1 fully saturated rings. The van der Waals surface area contributed by atoms with Crippen molar-refractivity contribution in [1.82, 2.24) is 4.90 Å². The zero-order chi connectivity index (χ0) is 23.9. The number of nitrogens with two attached hydrogens (primary N) is 1. The predicted molar refractivity (Wildman–Crippen MR) is 139 cm³/mol. The van der Waals surface area contributed by atoms with Crippen molar-refractivity contribution >= 4 is 22.8 Å². The third-order valence-electron chi connectivity index (χ3n) is 6.31. The Morgan fingerprint density at radius 1 is 0.794 bits per heavy atom. The quantitative estimate of drug-likeness (QED) is 0.243. The fraction of sp³-hybridized carbons (Fsp3) is 0.250. The van der Waals surface area contributed by atoms with E-state index in [9.17, 15) is 10.2 Å². The second kappa shape index (κ2) is 10.9. The molecule has 0 amide bonds. The fourth-order valence-corrected chi connectivity index (χ4v) is 4.50. The number of nitrogens with one attached hydrogen (secondary N) is 1. The van der Waals surface area contributed by atoms with Crippen molar-refractivity contribution in [2.24, 2.45) is 5.73 Å². The molecular formula is C28H32N4O2. The molecule has 0 aliphatic carbocycles. The third-order valence-corrected chi connectivity index (χ3v) is 6.31. The van der Waals surface area contributed by atoms with Gasteiger partial charge in [-0.05, 0) is 64.9 Å². The third kappa shape index (κ3) is 5.41. The van der Waals surface area contributed by atoms with Gasteiger partial charge in [-0.3, -0.25) is 5.41 Å². The summed E-state index contributed by atoms with van der Waals surface area (Å²) < 4.78 is 0. The number of allylic oxidation sites excluding steroid dienone is 1. The van der Waals surface area contributed by atoms with Crippen LogP contribution in [0.2, 0.25) is 0 Å². The Bertz CT molecular complexity index is 1120. The maximum Gasteiger partial charge on any atom is 0.188 e. The minimum Gasteiger partial charge on any atom is -0.508 e. The van der Waals surface area contributed by atoms with E-state index in [2.05, 4.69) is 41.3 Å². The van der Waals surface area contributed by atoms with E-state index in [1.807, 2.05) is 35.2 Å². The van der Waals surface area contributed by atoms with Crippen LogP contribution in [0.15, 0.2) is 78.9 Å². The number of benzene rings is 3. The highest BCUT2D eigenvalue weighted by Gasteiger charge is 2.19. The SMILES string of the molecule is N=C(N)N1CCN(c2ccc(/C(=C(/CCCO)c3ccccc3)c3ccc(O)cc3)cc2)CC1. The fourth-order valence-electron chi connectivity index (χ4n) is 4.50. The first-order valence-electron chi connectivity index (χ1n) is 11.7. The molecule has 0 atom stereocenters. The zero-order valence-corrected chi connectivity index (χ0v) is 19.3. The predicted octanol–water partition coefficient (Wildman–Crippen LogP) is 4.14. The monoisotopic (exact) mass is 456 g/mol. The van der Waals surface area contributed by atoms with E-state index in [1.165, 1.54) is 5.57 Å². The van der Waals surface area contributed by atoms with Crippen molar-refractivity contribution in [3.63, 3.8) is 0 Å². The molecule has 3 aromatic carbocycles. The Hall–Kier alpha value is -3.77. The van der Waals surface area contributed by atoms with E-state index in [-0.39, 0.29) is 18.3 Å². The summed E-state index contributed by atoms with van der Waals surface area (Å²) in [5.41, 5.74) is 12.3. The van der Waals surface area contributed by atoms with E-state index in [4.69, 9.17) is 11.1 Å². The van der Waals surface area contributed by atoms with Gasteiger partial charge in [0.1, 0.15) is 5.75 Å². The summed E-state index contributed by atoms with van der Waals surface area (Å²) in [4.78, 5) is 4.21. The first-order chi connectivity index (χ1) is 16.6. The molecule has 6 nitrogen and oxygen atoms in total. The van der Waals surface area contributed by atoms with Crippen molar-refractivity contribution in [2.75, 3.05) is 37.7 Å². The number of aliphatic hydroxyl groups is 1. The van der Waals surface area contributed by atoms with E-state index < -0.39 is 0 Å². The zero-order valence-electron chi connectivity index (χ0n) is 19.3. The lowest BCUT2D eigenvalue weighted by Crippen LogP contribution is -2.50. The molecule has 0 spiro atoms. The lowest BCUT2D eigenvalue weighted by Gasteiger charge is -2.36. The van der Waals surface area contributed by atoms with Gasteiger partial charge in [-0.25, -0.2) is 0 Å². The van der Waals surface area contributed by atoms with E-state index in [1.54, 1.807) is 12.1 Å². The minimum atomic E-state index is 0.129. The van der Waals surface area contributed by atoms with Gasteiger partial charge < -0.3 is 25.7 Å². The molecule has 6 heteroatoms. The molecule has 1 heterocycles. The second-order valence-corrected chi connectivity index (χ2v) is 8.50. The number of anilines is 1. The average molecular weight is 457 g/mol. The Morgan fingerprint density at radius 3 is 1.94 bits per heavy atom. The molecule has 5 N–H and O–H groups in total. The number of phenolic OH excluding ortho intramolecular Hbond substituents is 1. The normalized spacial score (nSPS) is 14.6. The molecule has 1 aliphatic heterocycles. The van der Waals surface area contributed by atoms with Crippen molar-refractivity contribution in [3.05, 3.63) is 95.6 Å². The maximum atomic E-state index is 9.86. The van der Waals surface area contributed by atoms with Gasteiger partial charge in [0.2, 0.25) is 0 Å². The van der Waals surface area contributed by atoms with Crippen LogP contribution in [0.25, 0.3) is 11.1 Å². The molecule has 176 valence electrons. The highest BCUT2D eigenvalue weighted by Crippen LogP contribution is 2.36. The minimum absolute atomic E-state index is 0.129. The van der Waals surface area contributed by atoms with Gasteiger partial charge in [0.25, 0.3) is 0 Å². The van der Waals surface area contributed by atoms with Gasteiger partial charge in [-0.2, -0.15) is 0 Å². The highest BCUT2D eigenvalue weighted by molar-refractivity contribution is 5.98. The van der Waals surface area contributed by atoms with Crippen molar-refractivity contribution in [2.45, 2.75) is 12.8 Å². The van der Waals surface area contributed by atoms with Crippen molar-refractivity contribution in [1.29, 1.82) is 5.41 Å². The molecule has 0 radical (unpaired) electrons. The van der Waals surface area contributed by atoms with Crippen LogP contribution >= 0.6 is 0 Å². The van der Waals surface area contributed by atoms with Crippen LogP contribution in [-0.4, -0.2) is 53.9 Å². The van der Waals surface area contributed by atoms with Gasteiger partial charge in [0.15, 0.2) is 5.96 Å². The first-order valence-corrected chi connectivity index (χ1v) is 11.7. The van der Waals surface area contributed by atoms with Crippen LogP contribution in [0.5, 0.6) is 5.75 Å². The van der Waals surface area contributed by atoms with Crippen molar-refractivity contribution < 1.29 is 10.2 Å². The standard InChI is InChI=1S/C28H32N4O2/c29-28(30)32-18-16-31(17-19-32)24-12-8-22(9-13-24)27(23-10-14-25(34)15-11-23)26(7-4-20-33)21-5-2-1-3-6-21/h1-3,5-6,8-15,33-34H,4,7,16-20H2,(H3,29,30)/b27-26+. The Kier molecular flexibility index (Phi) is 7.50. The highest BCUT2D eigenvalue weighted by atomic mass is 16.3. The second-order valence-electron chi connectivity index (χ2n) is 8.50. The van der Waals surface area contributed by atoms with E-state index in [0.29, 0.717) is 6.42 Å². The molecule has 1 saturated heterocycles. The Balaban J connectivity index is 1.73. The number of nitrogens with zero attached hydrogens (tertiary/aromatic N) is 2. The summed E-state index contributed by atoms with van der Waals surface area (Å²) in [6.07, 6.45) is 1.41. The Labute approximate surface area is 201 Å². The number of hydrogen-bond acceptors (Lipinski definition) is 4. The van der Waals surface area contributed by atoms with Crippen LogP contribution in [0.4, 0.5) is 5.69 Å². The topological polar surface area (TPSA) is 96.8 Å². The van der Waals surface area contributed by atoms with Gasteiger partial charge in [0, 0.05) is 38.5 Å². The largest absolute Gasteiger partial charge is 0.508 e.